The van der Waals surface area contributed by atoms with E-state index in [1.165, 1.54) is 4.90 Å². The maximum absolute atomic E-state index is 15.2. The van der Waals surface area contributed by atoms with Crippen LogP contribution in [0.3, 0.4) is 0 Å². The number of rotatable bonds is 13. The average Bonchev–Trinajstić information content (AvgIpc) is 3.35. The van der Waals surface area contributed by atoms with Gasteiger partial charge in [-0.3, -0.25) is 9.59 Å². The zero-order valence-electron chi connectivity index (χ0n) is 48.4. The number of aromatic nitrogens is 2. The van der Waals surface area contributed by atoms with Crippen LogP contribution in [0.2, 0.25) is 0 Å². The first-order valence-corrected chi connectivity index (χ1v) is 14.9. The molecule has 4 aromatic rings. The number of nitrogens with zero attached hydrogens (tertiary/aromatic N) is 4. The van der Waals surface area contributed by atoms with Gasteiger partial charge in [0, 0.05) is 46.1 Å². The fraction of sp³-hybridized carbons (Fsp3) is 0.378. The summed E-state index contributed by atoms with van der Waals surface area (Å²) in [5, 5.41) is -1.43. The minimum atomic E-state index is -5.44. The molecule has 254 valence electrons. The van der Waals surface area contributed by atoms with Gasteiger partial charge >= 0.3 is 6.18 Å². The molecule has 11 heteroatoms. The lowest BCUT2D eigenvalue weighted by Crippen LogP contribution is -2.40. The van der Waals surface area contributed by atoms with Crippen LogP contribution in [-0.4, -0.2) is 51.4 Å². The molecule has 0 saturated carbocycles. The number of carbonyl (C=O) groups excluding carboxylic acids is 1. The molecule has 1 aliphatic carbocycles. The Morgan fingerprint density at radius 1 is 1.00 bits per heavy atom. The van der Waals surface area contributed by atoms with Gasteiger partial charge in [0.25, 0.3) is 5.56 Å². The van der Waals surface area contributed by atoms with E-state index in [9.17, 15) is 27.8 Å². The third-order valence-electron chi connectivity index (χ3n) is 6.54. The van der Waals surface area contributed by atoms with Gasteiger partial charge in [0.05, 0.1) is 27.5 Å². The number of thioether (sulfide) groups is 1. The Hall–Kier alpha value is -3.96. The molecule has 0 aliphatic heterocycles. The van der Waals surface area contributed by atoms with Crippen molar-refractivity contribution < 1.29 is 53.9 Å². The number of fused-ring (bicyclic) bond motifs is 1. The highest BCUT2D eigenvalue weighted by Crippen LogP contribution is 2.32. The van der Waals surface area contributed by atoms with Crippen LogP contribution in [0.4, 0.5) is 17.6 Å². The van der Waals surface area contributed by atoms with Crippen LogP contribution < -0.4 is 5.56 Å². The number of likely N-dealkylation sites (N-methyl/N-ethyl adjacent to an activating group) is 1. The molecular formula is C37H40F4N4O2S. The summed E-state index contributed by atoms with van der Waals surface area (Å²) >= 11 is -0.478. The van der Waals surface area contributed by atoms with E-state index in [-0.39, 0.29) is 22.6 Å². The van der Waals surface area contributed by atoms with Crippen molar-refractivity contribution in [3.63, 3.8) is 0 Å². The Labute approximate surface area is 315 Å². The lowest BCUT2D eigenvalue weighted by molar-refractivity contribution is -0.137. The Bertz CT molecular complexity index is 2860. The summed E-state index contributed by atoms with van der Waals surface area (Å²) in [6, 6.07) is -17.4. The number of hydrogen-bond donors (Lipinski definition) is 0. The minimum absolute atomic E-state index is 0.0156. The number of alkyl halides is 3. The largest absolute Gasteiger partial charge is 0.416 e. The van der Waals surface area contributed by atoms with Crippen molar-refractivity contribution in [1.82, 2.24) is 19.4 Å². The molecule has 0 spiro atoms. The summed E-state index contributed by atoms with van der Waals surface area (Å²) in [4.78, 5) is 34.1. The third-order valence-corrected chi connectivity index (χ3v) is 7.30. The van der Waals surface area contributed by atoms with E-state index < -0.39 is 202 Å². The number of carbonyl (C=O) groups is 1. The van der Waals surface area contributed by atoms with E-state index in [1.54, 1.807) is 13.8 Å². The molecular weight excluding hydrogens is 640 g/mol. The first-order valence-electron chi connectivity index (χ1n) is 25.6. The van der Waals surface area contributed by atoms with Gasteiger partial charge in [-0.2, -0.15) is 18.2 Å². The van der Waals surface area contributed by atoms with Gasteiger partial charge in [0.2, 0.25) is 5.91 Å². The van der Waals surface area contributed by atoms with Crippen LogP contribution in [-0.2, 0) is 42.4 Å². The first-order chi connectivity index (χ1) is 32.1. The molecule has 1 unspecified atom stereocenters. The fourth-order valence-corrected chi connectivity index (χ4v) is 4.75. The van der Waals surface area contributed by atoms with E-state index >= 15 is 4.79 Å². The monoisotopic (exact) mass is 703 g/mol. The Morgan fingerprint density at radius 2 is 1.60 bits per heavy atom. The molecule has 48 heavy (non-hydrogen) atoms. The van der Waals surface area contributed by atoms with Crippen molar-refractivity contribution in [3.8, 4) is 11.1 Å². The molecule has 1 amide bonds. The van der Waals surface area contributed by atoms with E-state index in [0.717, 1.165) is 0 Å². The second-order valence-corrected chi connectivity index (χ2v) is 10.5. The first kappa shape index (κ1) is 16.2. The molecule has 0 bridgehead atoms. The maximum Gasteiger partial charge on any atom is 0.416 e. The summed E-state index contributed by atoms with van der Waals surface area (Å²) in [5.74, 6) is -7.02. The van der Waals surface area contributed by atoms with Crippen molar-refractivity contribution >= 4 is 17.7 Å². The molecule has 0 N–H and O–H groups in total. The predicted octanol–water partition coefficient (Wildman–Crippen LogP) is 7.47. The zero-order chi connectivity index (χ0) is 54.8. The normalized spacial score (nSPS) is 25.8. The molecule has 1 heterocycles. The topological polar surface area (TPSA) is 58.4 Å². The maximum atomic E-state index is 15.2. The number of benzene rings is 3. The third kappa shape index (κ3) is 8.73. The quantitative estimate of drug-likeness (QED) is 0.0822. The van der Waals surface area contributed by atoms with E-state index in [0.29, 0.717) is 6.92 Å². The van der Waals surface area contributed by atoms with Crippen molar-refractivity contribution in [2.75, 3.05) is 26.2 Å². The van der Waals surface area contributed by atoms with Crippen LogP contribution in [0, 0.1) is 11.7 Å². The lowest BCUT2D eigenvalue weighted by Gasteiger charge is -2.28. The summed E-state index contributed by atoms with van der Waals surface area (Å²) in [5.41, 5.74) is -15.1. The molecule has 5 rings (SSSR count). The number of amides is 1. The highest BCUT2D eigenvalue weighted by Gasteiger charge is 2.30. The fourth-order valence-electron chi connectivity index (χ4n) is 4.10. The van der Waals surface area contributed by atoms with Gasteiger partial charge in [-0.15, -0.1) is 0 Å². The van der Waals surface area contributed by atoms with Crippen molar-refractivity contribution in [2.45, 2.75) is 63.5 Å². The molecule has 0 fully saturated rings. The van der Waals surface area contributed by atoms with Gasteiger partial charge in [-0.25, -0.2) is 4.39 Å². The van der Waals surface area contributed by atoms with Gasteiger partial charge in [-0.05, 0) is 78.2 Å². The average molecular weight is 704 g/mol. The van der Waals surface area contributed by atoms with Gasteiger partial charge < -0.3 is 14.4 Å². The highest BCUT2D eigenvalue weighted by atomic mass is 32.2. The van der Waals surface area contributed by atoms with Gasteiger partial charge in [-0.1, -0.05) is 80.9 Å². The molecule has 1 aromatic heterocycles. The Balaban J connectivity index is 1.87. The molecule has 1 aliphatic rings. The van der Waals surface area contributed by atoms with Crippen LogP contribution in [0.15, 0.2) is 82.5 Å². The summed E-state index contributed by atoms with van der Waals surface area (Å²) < 4.78 is 256. The number of halogens is 4. The second-order valence-electron chi connectivity index (χ2n) is 9.73. The van der Waals surface area contributed by atoms with Crippen molar-refractivity contribution in [2.24, 2.45) is 5.89 Å². The minimum Gasteiger partial charge on any atom is -0.336 e. The van der Waals surface area contributed by atoms with Crippen LogP contribution >= 0.6 is 11.8 Å². The highest BCUT2D eigenvalue weighted by molar-refractivity contribution is 7.98. The second kappa shape index (κ2) is 15.5. The molecule has 3 aromatic carbocycles. The summed E-state index contributed by atoms with van der Waals surface area (Å²) in [6.07, 6.45) is -12.4. The molecule has 0 saturated heterocycles. The van der Waals surface area contributed by atoms with Crippen LogP contribution in [0.25, 0.3) is 11.1 Å². The van der Waals surface area contributed by atoms with Crippen LogP contribution in [0.1, 0.15) is 80.2 Å². The lowest BCUT2D eigenvalue weighted by atomic mass is 10.0. The van der Waals surface area contributed by atoms with E-state index in [1.807, 2.05) is 0 Å². The zero-order valence-corrected chi connectivity index (χ0v) is 26.2. The van der Waals surface area contributed by atoms with Crippen molar-refractivity contribution in [1.29, 1.82) is 0 Å². The Morgan fingerprint density at radius 3 is 2.21 bits per heavy atom. The van der Waals surface area contributed by atoms with E-state index in [2.05, 4.69) is 4.98 Å². The van der Waals surface area contributed by atoms with Crippen molar-refractivity contribution in [3.05, 3.63) is 117 Å². The van der Waals surface area contributed by atoms with Gasteiger partial charge in [0.1, 0.15) is 12.3 Å². The SMILES string of the molecule is [2H]c1c([2H])c(C([2H])([2H])Sc2nc(=O)c3c(n2C([2H])([2H])C(=O)N(CCN(CC)CC)C([2H])([2H])c2c([2H])c([2H])c(-c4c([2H])c([2H])c(C(F)(F)F)c([2H])c4[2H])c([2H])c2[2H])C([2H])([2H])C([2H])(C)C3([2H])[2H])c([2H])c([2H])c1F. The standard InChI is InChI=1S/C37H40F4N4O2S/c1-4-43(5-2)18-19-44(22-26-6-10-28(11-7-26)29-12-14-30(15-13-29)37(39,40)41)34(46)23-45-33-21-25(3)20-32(33)35(47)42-36(45)48-24-27-8-16-31(38)17-9-27/h6-17,25H,4-5,18-24H2,1-3H3/i6D,7D,8D,9D,10D,11D,12D,13D,14D,15D,16D,17D,20D2,21D2,22D2,23D2,24D2,25D. The Kier molecular flexibility index (Phi) is 5.22. The van der Waals surface area contributed by atoms with Crippen LogP contribution in [0.5, 0.6) is 0 Å². The molecule has 0 radical (unpaired) electrons. The molecule has 6 nitrogen and oxygen atoms in total. The summed E-state index contributed by atoms with van der Waals surface area (Å²) in [7, 11) is 0. The molecule has 1 atom stereocenters. The number of hydrogen-bond acceptors (Lipinski definition) is 5. The smallest absolute Gasteiger partial charge is 0.336 e. The van der Waals surface area contributed by atoms with E-state index in [4.69, 9.17) is 26.0 Å². The predicted molar refractivity (Wildman–Crippen MR) is 181 cm³/mol. The summed E-state index contributed by atoms with van der Waals surface area (Å²) in [6.45, 7) is -5.21. The van der Waals surface area contributed by atoms with Gasteiger partial charge in [0.15, 0.2) is 5.16 Å².